The van der Waals surface area contributed by atoms with E-state index in [4.69, 9.17) is 5.11 Å². The van der Waals surface area contributed by atoms with Crippen LogP contribution >= 0.6 is 0 Å². The number of nitro groups is 1. The lowest BCUT2D eigenvalue weighted by Gasteiger charge is -1.94. The quantitative estimate of drug-likeness (QED) is 0.615. The molecule has 0 radical (unpaired) electrons. The van der Waals surface area contributed by atoms with Crippen LogP contribution in [0.15, 0.2) is 16.8 Å². The number of carboxylic acid groups (broad SMARTS) is 1. The lowest BCUT2D eigenvalue weighted by Crippen LogP contribution is -1.96. The summed E-state index contributed by atoms with van der Waals surface area (Å²) in [6.45, 7) is 0. The van der Waals surface area contributed by atoms with E-state index in [1.165, 1.54) is 11.7 Å². The molecule has 0 spiro atoms. The molecule has 2 aromatic rings. The van der Waals surface area contributed by atoms with Gasteiger partial charge in [-0.2, -0.15) is 5.10 Å². The zero-order valence-electron chi connectivity index (χ0n) is 8.52. The van der Waals surface area contributed by atoms with Crippen molar-refractivity contribution >= 4 is 11.7 Å². The Kier molecular flexibility index (Phi) is 2.35. The van der Waals surface area contributed by atoms with Gasteiger partial charge in [0.15, 0.2) is 5.69 Å². The number of hydrogen-bond acceptors (Lipinski definition) is 6. The van der Waals surface area contributed by atoms with Crippen LogP contribution in [0, 0.1) is 10.1 Å². The van der Waals surface area contributed by atoms with Crippen molar-refractivity contribution < 1.29 is 19.3 Å². The fraction of sp³-hybridized carbons (Fsp3) is 0.125. The van der Waals surface area contributed by atoms with Crippen molar-refractivity contribution in [3.05, 3.63) is 28.1 Å². The number of nitrogens with zero attached hydrogens (tertiary/aromatic N) is 4. The van der Waals surface area contributed by atoms with Crippen molar-refractivity contribution in [2.45, 2.75) is 0 Å². The van der Waals surface area contributed by atoms with E-state index in [-0.39, 0.29) is 17.1 Å². The van der Waals surface area contributed by atoms with E-state index < -0.39 is 16.7 Å². The Hall–Kier alpha value is -2.71. The number of aromatic carboxylic acids is 1. The molecular formula is C8H6N4O5. The summed E-state index contributed by atoms with van der Waals surface area (Å²) in [4.78, 5) is 20.7. The second-order valence-corrected chi connectivity index (χ2v) is 3.14. The normalized spacial score (nSPS) is 10.4. The van der Waals surface area contributed by atoms with Crippen LogP contribution in [0.1, 0.15) is 10.6 Å². The number of hydrogen-bond donors (Lipinski definition) is 1. The third kappa shape index (κ3) is 1.73. The Labute approximate surface area is 93.4 Å². The molecule has 2 aromatic heterocycles. The Morgan fingerprint density at radius 2 is 2.35 bits per heavy atom. The first-order chi connectivity index (χ1) is 8.00. The van der Waals surface area contributed by atoms with Gasteiger partial charge in [-0.05, 0) is 0 Å². The van der Waals surface area contributed by atoms with Gasteiger partial charge in [0.2, 0.25) is 5.76 Å². The predicted octanol–water partition coefficient (Wildman–Crippen LogP) is 0.681. The van der Waals surface area contributed by atoms with Crippen LogP contribution in [0.2, 0.25) is 0 Å². The van der Waals surface area contributed by atoms with E-state index in [1.807, 2.05) is 0 Å². The molecule has 0 fully saturated rings. The van der Waals surface area contributed by atoms with Crippen LogP contribution in [0.3, 0.4) is 0 Å². The fourth-order valence-electron chi connectivity index (χ4n) is 1.34. The summed E-state index contributed by atoms with van der Waals surface area (Å²) in [5.74, 6) is -1.69. The number of aromatic nitrogens is 3. The van der Waals surface area contributed by atoms with E-state index in [2.05, 4.69) is 14.8 Å². The molecule has 1 N–H and O–H groups in total. The van der Waals surface area contributed by atoms with E-state index in [0.29, 0.717) is 0 Å². The van der Waals surface area contributed by atoms with Gasteiger partial charge in [-0.1, -0.05) is 5.16 Å². The molecule has 9 heteroatoms. The van der Waals surface area contributed by atoms with Crippen LogP contribution in [0.4, 0.5) is 5.69 Å². The average Bonchev–Trinajstić information content (AvgIpc) is 2.82. The van der Waals surface area contributed by atoms with Gasteiger partial charge in [0, 0.05) is 13.1 Å². The van der Waals surface area contributed by atoms with Crippen molar-refractivity contribution in [2.75, 3.05) is 0 Å². The third-order valence-corrected chi connectivity index (χ3v) is 2.08. The molecule has 0 bridgehead atoms. The van der Waals surface area contributed by atoms with E-state index in [9.17, 15) is 14.9 Å². The van der Waals surface area contributed by atoms with Crippen molar-refractivity contribution in [2.24, 2.45) is 7.05 Å². The minimum atomic E-state index is -1.30. The molecule has 0 aromatic carbocycles. The van der Waals surface area contributed by atoms with Gasteiger partial charge in [-0.25, -0.2) is 4.79 Å². The summed E-state index contributed by atoms with van der Waals surface area (Å²) in [5.41, 5.74) is -0.127. The molecular weight excluding hydrogens is 232 g/mol. The Morgan fingerprint density at radius 3 is 2.88 bits per heavy atom. The maximum absolute atomic E-state index is 10.7. The smallest absolute Gasteiger partial charge is 0.374 e. The van der Waals surface area contributed by atoms with Gasteiger partial charge in [0.25, 0.3) is 0 Å². The third-order valence-electron chi connectivity index (χ3n) is 2.08. The SMILES string of the molecule is Cn1ncc([N+](=O)[O-])c1-c1cc(C(=O)O)on1. The van der Waals surface area contributed by atoms with Crippen LogP contribution in [-0.2, 0) is 7.05 Å². The van der Waals surface area contributed by atoms with E-state index in [1.54, 1.807) is 0 Å². The molecule has 17 heavy (non-hydrogen) atoms. The number of rotatable bonds is 3. The summed E-state index contributed by atoms with van der Waals surface area (Å²) in [6, 6.07) is 1.10. The zero-order valence-corrected chi connectivity index (χ0v) is 8.52. The van der Waals surface area contributed by atoms with Gasteiger partial charge in [-0.15, -0.1) is 0 Å². The molecule has 0 aliphatic rings. The summed E-state index contributed by atoms with van der Waals surface area (Å²) in [6.07, 6.45) is 1.06. The molecule has 2 heterocycles. The second-order valence-electron chi connectivity index (χ2n) is 3.14. The molecule has 9 nitrogen and oxygen atoms in total. The lowest BCUT2D eigenvalue weighted by molar-refractivity contribution is -0.384. The molecule has 0 aliphatic carbocycles. The van der Waals surface area contributed by atoms with Gasteiger partial charge in [-0.3, -0.25) is 14.8 Å². The zero-order chi connectivity index (χ0) is 12.6. The lowest BCUT2D eigenvalue weighted by atomic mass is 10.2. The number of carboxylic acids is 1. The first-order valence-electron chi connectivity index (χ1n) is 4.37. The van der Waals surface area contributed by atoms with Crippen molar-refractivity contribution in [3.8, 4) is 11.4 Å². The van der Waals surface area contributed by atoms with Crippen LogP contribution < -0.4 is 0 Å². The highest BCUT2D eigenvalue weighted by atomic mass is 16.6. The molecule has 0 atom stereocenters. The van der Waals surface area contributed by atoms with Crippen LogP contribution in [-0.4, -0.2) is 30.9 Å². The second kappa shape index (κ2) is 3.70. The molecule has 0 saturated carbocycles. The van der Waals surface area contributed by atoms with E-state index >= 15 is 0 Å². The average molecular weight is 238 g/mol. The van der Waals surface area contributed by atoms with Crippen molar-refractivity contribution in [1.29, 1.82) is 0 Å². The highest BCUT2D eigenvalue weighted by Gasteiger charge is 2.24. The summed E-state index contributed by atoms with van der Waals surface area (Å²) in [7, 11) is 1.48. The largest absolute Gasteiger partial charge is 0.475 e. The van der Waals surface area contributed by atoms with Gasteiger partial charge in [0.1, 0.15) is 11.9 Å². The summed E-state index contributed by atoms with van der Waals surface area (Å²) < 4.78 is 5.75. The van der Waals surface area contributed by atoms with Gasteiger partial charge >= 0.3 is 11.7 Å². The minimum Gasteiger partial charge on any atom is -0.475 e. The van der Waals surface area contributed by atoms with Gasteiger partial charge in [0.05, 0.1) is 4.92 Å². The Morgan fingerprint density at radius 1 is 1.65 bits per heavy atom. The van der Waals surface area contributed by atoms with Crippen molar-refractivity contribution in [1.82, 2.24) is 14.9 Å². The summed E-state index contributed by atoms with van der Waals surface area (Å²) >= 11 is 0. The first kappa shape index (κ1) is 10.8. The minimum absolute atomic E-state index is 0.0501. The van der Waals surface area contributed by atoms with Crippen molar-refractivity contribution in [3.63, 3.8) is 0 Å². The van der Waals surface area contributed by atoms with Crippen LogP contribution in [0.5, 0.6) is 0 Å². The van der Waals surface area contributed by atoms with E-state index in [0.717, 1.165) is 12.3 Å². The standard InChI is InChI=1S/C8H6N4O5/c1-11-7(5(3-9-11)12(15)16)4-2-6(8(13)14)17-10-4/h2-3H,1H3,(H,13,14). The number of carbonyl (C=O) groups is 1. The highest BCUT2D eigenvalue weighted by molar-refractivity contribution is 5.86. The predicted molar refractivity (Wildman–Crippen MR) is 52.3 cm³/mol. The van der Waals surface area contributed by atoms with Crippen LogP contribution in [0.25, 0.3) is 11.4 Å². The molecule has 0 unspecified atom stereocenters. The monoisotopic (exact) mass is 238 g/mol. The van der Waals surface area contributed by atoms with Gasteiger partial charge < -0.3 is 9.63 Å². The highest BCUT2D eigenvalue weighted by Crippen LogP contribution is 2.28. The fourth-order valence-corrected chi connectivity index (χ4v) is 1.34. The summed E-state index contributed by atoms with van der Waals surface area (Å²) in [5, 5.41) is 26.6. The Balaban J connectivity index is 2.55. The molecule has 0 amide bonds. The maximum Gasteiger partial charge on any atom is 0.374 e. The molecule has 2 rings (SSSR count). The molecule has 88 valence electrons. The number of aryl methyl sites for hydroxylation is 1. The topological polar surface area (TPSA) is 124 Å². The molecule has 0 aliphatic heterocycles. The first-order valence-corrected chi connectivity index (χ1v) is 4.37. The Bertz CT molecular complexity index is 599. The maximum atomic E-state index is 10.7. The molecule has 0 saturated heterocycles.